The lowest BCUT2D eigenvalue weighted by Crippen LogP contribution is -2.17. The molecule has 0 saturated carbocycles. The molecule has 104 valence electrons. The van der Waals surface area contributed by atoms with Crippen LogP contribution in [0.5, 0.6) is 0 Å². The average molecular weight is 310 g/mol. The summed E-state index contributed by atoms with van der Waals surface area (Å²) in [5.74, 6) is -0.191. The van der Waals surface area contributed by atoms with Gasteiger partial charge in [-0.25, -0.2) is 0 Å². The Hall–Kier alpha value is -1.91. The van der Waals surface area contributed by atoms with Crippen molar-refractivity contribution in [1.29, 1.82) is 0 Å². The Kier molecular flexibility index (Phi) is 4.37. The number of nitrogens with two attached hydrogens (primary N) is 1. The molecule has 2 aromatic carbocycles. The minimum atomic E-state index is -0.191. The first-order valence-electron chi connectivity index (χ1n) is 5.85. The van der Waals surface area contributed by atoms with Crippen molar-refractivity contribution >= 4 is 46.2 Å². The summed E-state index contributed by atoms with van der Waals surface area (Å²) in [6, 6.07) is 10.3. The normalized spacial score (nSPS) is 10.2. The molecule has 4 N–H and O–H groups in total. The van der Waals surface area contributed by atoms with Gasteiger partial charge in [-0.15, -0.1) is 0 Å². The van der Waals surface area contributed by atoms with Crippen LogP contribution in [0.2, 0.25) is 10.0 Å². The number of carbonyl (C=O) groups excluding carboxylic acids is 1. The number of anilines is 3. The highest BCUT2D eigenvalue weighted by atomic mass is 35.5. The van der Waals surface area contributed by atoms with Crippen LogP contribution < -0.4 is 16.4 Å². The predicted molar refractivity (Wildman–Crippen MR) is 84.0 cm³/mol. The second-order valence-electron chi connectivity index (χ2n) is 4.11. The van der Waals surface area contributed by atoms with Crippen molar-refractivity contribution in [2.75, 3.05) is 18.1 Å². The molecular weight excluding hydrogens is 297 g/mol. The molecule has 0 radical (unpaired) electrons. The van der Waals surface area contributed by atoms with Crippen LogP contribution in [0.25, 0.3) is 0 Å². The highest BCUT2D eigenvalue weighted by molar-refractivity contribution is 6.43. The molecule has 0 atom stereocenters. The Morgan fingerprint density at radius 1 is 1.15 bits per heavy atom. The molecule has 0 aromatic heterocycles. The number of amides is 1. The summed E-state index contributed by atoms with van der Waals surface area (Å²) in [5, 5.41) is 6.51. The Bertz CT molecular complexity index is 659. The third-order valence-corrected chi connectivity index (χ3v) is 3.58. The van der Waals surface area contributed by atoms with Gasteiger partial charge in [0.1, 0.15) is 0 Å². The molecule has 0 spiro atoms. The topological polar surface area (TPSA) is 67.2 Å². The Morgan fingerprint density at radius 2 is 1.90 bits per heavy atom. The van der Waals surface area contributed by atoms with Crippen LogP contribution in [0.4, 0.5) is 17.1 Å². The van der Waals surface area contributed by atoms with E-state index >= 15 is 0 Å². The maximum atomic E-state index is 11.5. The zero-order valence-electron chi connectivity index (χ0n) is 10.7. The van der Waals surface area contributed by atoms with E-state index in [-0.39, 0.29) is 5.91 Å². The zero-order chi connectivity index (χ0) is 14.7. The van der Waals surface area contributed by atoms with Crippen LogP contribution in [-0.2, 0) is 0 Å². The summed E-state index contributed by atoms with van der Waals surface area (Å²) in [6.07, 6.45) is 0. The maximum Gasteiger partial charge on any atom is 0.251 e. The van der Waals surface area contributed by atoms with E-state index in [0.717, 1.165) is 0 Å². The van der Waals surface area contributed by atoms with Crippen LogP contribution in [0.1, 0.15) is 10.4 Å². The van der Waals surface area contributed by atoms with E-state index in [0.29, 0.717) is 32.7 Å². The van der Waals surface area contributed by atoms with Gasteiger partial charge in [0.25, 0.3) is 5.91 Å². The molecule has 20 heavy (non-hydrogen) atoms. The van der Waals surface area contributed by atoms with Crippen LogP contribution in [0, 0.1) is 0 Å². The number of rotatable bonds is 3. The van der Waals surface area contributed by atoms with Crippen molar-refractivity contribution in [3.8, 4) is 0 Å². The number of halogens is 2. The lowest BCUT2D eigenvalue weighted by atomic mass is 10.1. The van der Waals surface area contributed by atoms with Gasteiger partial charge in [-0.2, -0.15) is 0 Å². The first-order valence-corrected chi connectivity index (χ1v) is 6.61. The fourth-order valence-electron chi connectivity index (χ4n) is 1.71. The van der Waals surface area contributed by atoms with Crippen LogP contribution in [-0.4, -0.2) is 13.0 Å². The van der Waals surface area contributed by atoms with Gasteiger partial charge in [-0.3, -0.25) is 4.79 Å². The van der Waals surface area contributed by atoms with Crippen molar-refractivity contribution < 1.29 is 4.79 Å². The molecule has 0 heterocycles. The molecule has 4 nitrogen and oxygen atoms in total. The second-order valence-corrected chi connectivity index (χ2v) is 4.89. The number of hydrogen-bond acceptors (Lipinski definition) is 3. The number of nitrogen functional groups attached to an aromatic ring is 1. The molecule has 1 amide bonds. The molecular formula is C14H13Cl2N3O. The number of hydrogen-bond donors (Lipinski definition) is 3. The summed E-state index contributed by atoms with van der Waals surface area (Å²) in [4.78, 5) is 11.5. The lowest BCUT2D eigenvalue weighted by molar-refractivity contribution is 0.0963. The van der Waals surface area contributed by atoms with Gasteiger partial charge in [0.05, 0.1) is 27.1 Å². The van der Waals surface area contributed by atoms with Gasteiger partial charge in [0.15, 0.2) is 0 Å². The highest BCUT2D eigenvalue weighted by Gasteiger charge is 2.09. The van der Waals surface area contributed by atoms with Crippen molar-refractivity contribution in [2.24, 2.45) is 0 Å². The molecule has 0 unspecified atom stereocenters. The van der Waals surface area contributed by atoms with E-state index in [2.05, 4.69) is 10.6 Å². The average Bonchev–Trinajstić information content (AvgIpc) is 2.45. The molecule has 0 fully saturated rings. The van der Waals surface area contributed by atoms with Crippen LogP contribution >= 0.6 is 23.2 Å². The number of carbonyl (C=O) groups is 1. The SMILES string of the molecule is CNC(=O)c1ccc(Nc2cccc(Cl)c2Cl)c(N)c1. The van der Waals surface area contributed by atoms with E-state index in [1.807, 2.05) is 0 Å². The minimum Gasteiger partial charge on any atom is -0.397 e. The van der Waals surface area contributed by atoms with E-state index in [4.69, 9.17) is 28.9 Å². The van der Waals surface area contributed by atoms with Crippen molar-refractivity contribution in [3.63, 3.8) is 0 Å². The van der Waals surface area contributed by atoms with Gasteiger partial charge in [-0.1, -0.05) is 29.3 Å². The number of nitrogens with one attached hydrogen (secondary N) is 2. The third-order valence-electron chi connectivity index (χ3n) is 2.76. The quantitative estimate of drug-likeness (QED) is 0.758. The van der Waals surface area contributed by atoms with Gasteiger partial charge in [0, 0.05) is 12.6 Å². The molecule has 0 aliphatic carbocycles. The van der Waals surface area contributed by atoms with Gasteiger partial charge >= 0.3 is 0 Å². The lowest BCUT2D eigenvalue weighted by Gasteiger charge is -2.12. The fourth-order valence-corrected chi connectivity index (χ4v) is 2.06. The fraction of sp³-hybridized carbons (Fsp3) is 0.0714. The first kappa shape index (κ1) is 14.5. The zero-order valence-corrected chi connectivity index (χ0v) is 12.2. The van der Waals surface area contributed by atoms with Crippen molar-refractivity contribution in [3.05, 3.63) is 52.0 Å². The molecule has 6 heteroatoms. The highest BCUT2D eigenvalue weighted by Crippen LogP contribution is 2.33. The van der Waals surface area contributed by atoms with E-state index in [1.54, 1.807) is 43.4 Å². The number of benzene rings is 2. The molecule has 2 aromatic rings. The van der Waals surface area contributed by atoms with Crippen molar-refractivity contribution in [1.82, 2.24) is 5.32 Å². The monoisotopic (exact) mass is 309 g/mol. The predicted octanol–water partition coefficient (Wildman–Crippen LogP) is 3.68. The smallest absolute Gasteiger partial charge is 0.251 e. The summed E-state index contributed by atoms with van der Waals surface area (Å²) in [6.45, 7) is 0. The van der Waals surface area contributed by atoms with Gasteiger partial charge in [0.2, 0.25) is 0 Å². The van der Waals surface area contributed by atoms with Crippen molar-refractivity contribution in [2.45, 2.75) is 0 Å². The standard InChI is InChI=1S/C14H13Cl2N3O/c1-18-14(20)8-5-6-11(10(17)7-8)19-12-4-2-3-9(15)13(12)16/h2-7,19H,17H2,1H3,(H,18,20). The van der Waals surface area contributed by atoms with Gasteiger partial charge in [-0.05, 0) is 30.3 Å². The van der Waals surface area contributed by atoms with Crippen LogP contribution in [0.15, 0.2) is 36.4 Å². The van der Waals surface area contributed by atoms with E-state index in [1.165, 1.54) is 0 Å². The molecule has 0 aliphatic heterocycles. The van der Waals surface area contributed by atoms with Gasteiger partial charge < -0.3 is 16.4 Å². The summed E-state index contributed by atoms with van der Waals surface area (Å²) >= 11 is 12.0. The molecule has 0 saturated heterocycles. The Balaban J connectivity index is 2.30. The summed E-state index contributed by atoms with van der Waals surface area (Å²) < 4.78 is 0. The summed E-state index contributed by atoms with van der Waals surface area (Å²) in [7, 11) is 1.57. The Morgan fingerprint density at radius 3 is 2.55 bits per heavy atom. The third kappa shape index (κ3) is 2.98. The van der Waals surface area contributed by atoms with Crippen LogP contribution in [0.3, 0.4) is 0 Å². The summed E-state index contributed by atoms with van der Waals surface area (Å²) in [5.41, 5.74) is 8.18. The molecule has 0 aliphatic rings. The van der Waals surface area contributed by atoms with E-state index in [9.17, 15) is 4.79 Å². The Labute approximate surface area is 126 Å². The minimum absolute atomic E-state index is 0.191. The first-order chi connectivity index (χ1) is 9.52. The largest absolute Gasteiger partial charge is 0.397 e. The maximum absolute atomic E-state index is 11.5. The molecule has 2 rings (SSSR count). The van der Waals surface area contributed by atoms with E-state index < -0.39 is 0 Å². The molecule has 0 bridgehead atoms. The second kappa shape index (κ2) is 6.03.